The molecule has 0 spiro atoms. The first-order valence-electron chi connectivity index (χ1n) is 9.40. The van der Waals surface area contributed by atoms with Crippen LogP contribution in [0.2, 0.25) is 0 Å². The number of carbonyl (C=O) groups is 1. The van der Waals surface area contributed by atoms with Crippen molar-refractivity contribution in [2.45, 2.75) is 13.8 Å². The van der Waals surface area contributed by atoms with Gasteiger partial charge < -0.3 is 10.1 Å². The molecule has 1 heterocycles. The molecule has 0 atom stereocenters. The van der Waals surface area contributed by atoms with Gasteiger partial charge in [0.05, 0.1) is 11.1 Å². The molecule has 0 aliphatic carbocycles. The Balaban J connectivity index is 1.52. The van der Waals surface area contributed by atoms with E-state index < -0.39 is 4.92 Å². The van der Waals surface area contributed by atoms with Gasteiger partial charge in [0.15, 0.2) is 6.61 Å². The first-order valence-corrected chi connectivity index (χ1v) is 9.40. The number of rotatable bonds is 8. The molecule has 158 valence electrons. The van der Waals surface area contributed by atoms with E-state index in [0.717, 1.165) is 28.6 Å². The molecule has 1 aromatic heterocycles. The summed E-state index contributed by atoms with van der Waals surface area (Å²) in [7, 11) is 0. The predicted octanol–water partition coefficient (Wildman–Crippen LogP) is 4.07. The van der Waals surface area contributed by atoms with Gasteiger partial charge in [0.1, 0.15) is 17.8 Å². The third-order valence-electron chi connectivity index (χ3n) is 4.37. The Kier molecular flexibility index (Phi) is 6.89. The summed E-state index contributed by atoms with van der Waals surface area (Å²) in [6.07, 6.45) is 2.69. The summed E-state index contributed by atoms with van der Waals surface area (Å²) in [6, 6.07) is 15.6. The second-order valence-corrected chi connectivity index (χ2v) is 6.74. The van der Waals surface area contributed by atoms with Crippen molar-refractivity contribution >= 4 is 29.3 Å². The minimum Gasteiger partial charge on any atom is -0.484 e. The first kappa shape index (κ1) is 21.4. The molecule has 9 heteroatoms. The highest BCUT2D eigenvalue weighted by atomic mass is 16.6. The molecule has 2 N–H and O–H groups in total. The van der Waals surface area contributed by atoms with Crippen molar-refractivity contribution < 1.29 is 14.5 Å². The third-order valence-corrected chi connectivity index (χ3v) is 4.37. The number of hydrogen-bond acceptors (Lipinski definition) is 7. The van der Waals surface area contributed by atoms with E-state index in [1.807, 2.05) is 38.1 Å². The summed E-state index contributed by atoms with van der Waals surface area (Å²) in [5, 5.41) is 17.5. The van der Waals surface area contributed by atoms with Gasteiger partial charge in [0.2, 0.25) is 0 Å². The first-order chi connectivity index (χ1) is 14.9. The van der Waals surface area contributed by atoms with Crippen molar-refractivity contribution in [3.8, 4) is 5.75 Å². The molecule has 0 radical (unpaired) electrons. The van der Waals surface area contributed by atoms with Crippen LogP contribution in [0, 0.1) is 24.0 Å². The zero-order valence-electron chi connectivity index (χ0n) is 17.0. The molecule has 0 saturated heterocycles. The maximum absolute atomic E-state index is 12.1. The Labute approximate surface area is 178 Å². The van der Waals surface area contributed by atoms with Crippen LogP contribution >= 0.6 is 0 Å². The zero-order chi connectivity index (χ0) is 22.2. The van der Waals surface area contributed by atoms with Crippen LogP contribution in [0.3, 0.4) is 0 Å². The number of benzene rings is 2. The number of nitrogens with one attached hydrogen (secondary N) is 2. The van der Waals surface area contributed by atoms with Gasteiger partial charge >= 0.3 is 0 Å². The molecule has 31 heavy (non-hydrogen) atoms. The van der Waals surface area contributed by atoms with E-state index in [1.165, 1.54) is 12.1 Å². The van der Waals surface area contributed by atoms with Gasteiger partial charge in [0.25, 0.3) is 11.6 Å². The number of hydrogen-bond donors (Lipinski definition) is 2. The van der Waals surface area contributed by atoms with Crippen molar-refractivity contribution in [2.24, 2.45) is 5.10 Å². The number of pyridine rings is 1. The molecule has 3 rings (SSSR count). The highest BCUT2D eigenvalue weighted by Crippen LogP contribution is 2.16. The maximum atomic E-state index is 12.1. The van der Waals surface area contributed by atoms with Crippen LogP contribution < -0.4 is 15.5 Å². The summed E-state index contributed by atoms with van der Waals surface area (Å²) < 4.78 is 5.56. The predicted molar refractivity (Wildman–Crippen MR) is 119 cm³/mol. The Morgan fingerprint density at radius 1 is 1.16 bits per heavy atom. The molecule has 0 unspecified atom stereocenters. The topological polar surface area (TPSA) is 119 Å². The normalized spacial score (nSPS) is 10.6. The Hall–Kier alpha value is -4.27. The standard InChI is InChI=1S/C22H21N5O4/c1-15-6-7-18(10-16(15)2)25-22(28)14-31-20-5-3-4-17(11-20)12-24-26-21-9-8-19(13-23-21)27(29)30/h3-13H,14H2,1-2H3,(H,23,26)(H,25,28)/b24-12-. The Morgan fingerprint density at radius 3 is 2.71 bits per heavy atom. The lowest BCUT2D eigenvalue weighted by atomic mass is 10.1. The molecule has 0 bridgehead atoms. The van der Waals surface area contributed by atoms with Gasteiger partial charge in [-0.3, -0.25) is 20.3 Å². The van der Waals surface area contributed by atoms with E-state index in [1.54, 1.807) is 24.4 Å². The number of nitro groups is 1. The van der Waals surface area contributed by atoms with Crippen LogP contribution in [-0.4, -0.2) is 28.6 Å². The van der Waals surface area contributed by atoms with Crippen LogP contribution in [0.25, 0.3) is 0 Å². The number of aryl methyl sites for hydroxylation is 2. The Bertz CT molecular complexity index is 1110. The van der Waals surface area contributed by atoms with Crippen LogP contribution in [0.15, 0.2) is 65.9 Å². The lowest BCUT2D eigenvalue weighted by Crippen LogP contribution is -2.20. The molecule has 0 fully saturated rings. The Morgan fingerprint density at radius 2 is 2.00 bits per heavy atom. The molecule has 0 saturated carbocycles. The SMILES string of the molecule is Cc1ccc(NC(=O)COc2cccc(/C=N\Nc3ccc([N+](=O)[O-])cn3)c2)cc1C. The monoisotopic (exact) mass is 419 g/mol. The second kappa shape index (κ2) is 9.97. The van der Waals surface area contributed by atoms with E-state index in [-0.39, 0.29) is 18.2 Å². The van der Waals surface area contributed by atoms with Gasteiger partial charge in [0, 0.05) is 11.8 Å². The average molecular weight is 419 g/mol. The fourth-order valence-corrected chi connectivity index (χ4v) is 2.58. The van der Waals surface area contributed by atoms with Crippen LogP contribution in [0.5, 0.6) is 5.75 Å². The molecule has 3 aromatic rings. The zero-order valence-corrected chi connectivity index (χ0v) is 17.0. The molecular weight excluding hydrogens is 398 g/mol. The van der Waals surface area contributed by atoms with Crippen molar-refractivity contribution in [1.82, 2.24) is 4.98 Å². The molecular formula is C22H21N5O4. The van der Waals surface area contributed by atoms with Crippen molar-refractivity contribution in [1.29, 1.82) is 0 Å². The van der Waals surface area contributed by atoms with Crippen molar-refractivity contribution in [3.63, 3.8) is 0 Å². The summed E-state index contributed by atoms with van der Waals surface area (Å²) in [5.74, 6) is 0.637. The summed E-state index contributed by atoms with van der Waals surface area (Å²) in [4.78, 5) is 26.2. The van der Waals surface area contributed by atoms with E-state index in [0.29, 0.717) is 11.6 Å². The van der Waals surface area contributed by atoms with Gasteiger partial charge in [-0.25, -0.2) is 4.98 Å². The van der Waals surface area contributed by atoms with Crippen LogP contribution in [0.4, 0.5) is 17.2 Å². The highest BCUT2D eigenvalue weighted by molar-refractivity contribution is 5.92. The molecule has 0 aliphatic rings. The summed E-state index contributed by atoms with van der Waals surface area (Å²) in [5.41, 5.74) is 6.32. The van der Waals surface area contributed by atoms with E-state index in [9.17, 15) is 14.9 Å². The minimum absolute atomic E-state index is 0.0964. The van der Waals surface area contributed by atoms with Crippen LogP contribution in [0.1, 0.15) is 16.7 Å². The van der Waals surface area contributed by atoms with Gasteiger partial charge in [-0.1, -0.05) is 18.2 Å². The minimum atomic E-state index is -0.520. The quantitative estimate of drug-likeness (QED) is 0.323. The van der Waals surface area contributed by atoms with E-state index in [4.69, 9.17) is 4.74 Å². The summed E-state index contributed by atoms with van der Waals surface area (Å²) >= 11 is 0. The van der Waals surface area contributed by atoms with Crippen LogP contribution in [-0.2, 0) is 4.79 Å². The van der Waals surface area contributed by atoms with E-state index in [2.05, 4.69) is 20.8 Å². The lowest BCUT2D eigenvalue weighted by Gasteiger charge is -2.09. The third kappa shape index (κ3) is 6.36. The number of amides is 1. The number of anilines is 2. The van der Waals surface area contributed by atoms with Crippen molar-refractivity contribution in [3.05, 3.63) is 87.6 Å². The fraction of sp³-hybridized carbons (Fsp3) is 0.136. The van der Waals surface area contributed by atoms with Gasteiger partial charge in [-0.15, -0.1) is 0 Å². The number of nitrogens with zero attached hydrogens (tertiary/aromatic N) is 3. The highest BCUT2D eigenvalue weighted by Gasteiger charge is 2.06. The maximum Gasteiger partial charge on any atom is 0.287 e. The van der Waals surface area contributed by atoms with E-state index >= 15 is 0 Å². The van der Waals surface area contributed by atoms with Gasteiger partial charge in [-0.05, 0) is 60.9 Å². The number of hydrazone groups is 1. The number of aromatic nitrogens is 1. The number of carbonyl (C=O) groups excluding carboxylic acids is 1. The smallest absolute Gasteiger partial charge is 0.287 e. The lowest BCUT2D eigenvalue weighted by molar-refractivity contribution is -0.385. The molecule has 0 aliphatic heterocycles. The second-order valence-electron chi connectivity index (χ2n) is 6.74. The van der Waals surface area contributed by atoms with Crippen molar-refractivity contribution in [2.75, 3.05) is 17.3 Å². The largest absolute Gasteiger partial charge is 0.484 e. The molecule has 9 nitrogen and oxygen atoms in total. The van der Waals surface area contributed by atoms with Gasteiger partial charge in [-0.2, -0.15) is 5.10 Å². The average Bonchev–Trinajstić information content (AvgIpc) is 2.75. The molecule has 1 amide bonds. The number of ether oxygens (including phenoxy) is 1. The fourth-order valence-electron chi connectivity index (χ4n) is 2.58. The summed E-state index contributed by atoms with van der Waals surface area (Å²) in [6.45, 7) is 3.87. The molecule has 2 aromatic carbocycles.